The number of aliphatic hydroxyl groups excluding tert-OH is 1. The van der Waals surface area contributed by atoms with E-state index in [4.69, 9.17) is 4.74 Å². The van der Waals surface area contributed by atoms with E-state index in [1.165, 1.54) is 0 Å². The van der Waals surface area contributed by atoms with Gasteiger partial charge in [0.2, 0.25) is 11.8 Å². The molecule has 0 radical (unpaired) electrons. The predicted octanol–water partition coefficient (Wildman–Crippen LogP) is -2.41. The number of ether oxygens (including phenoxy) is 1. The largest absolute Gasteiger partial charge is 1.00 e. The predicted molar refractivity (Wildman–Crippen MR) is 138 cm³/mol. The van der Waals surface area contributed by atoms with Crippen molar-refractivity contribution < 1.29 is 71.0 Å². The van der Waals surface area contributed by atoms with E-state index in [2.05, 4.69) is 16.0 Å². The molecule has 0 aromatic heterocycles. The Morgan fingerprint density at radius 1 is 1.23 bits per heavy atom. The molecule has 1 aromatic carbocycles. The zero-order chi connectivity index (χ0) is 28.7. The summed E-state index contributed by atoms with van der Waals surface area (Å²) < 4.78 is 51.7. The van der Waals surface area contributed by atoms with Crippen LogP contribution in [0, 0.1) is 11.8 Å². The first-order valence-corrected chi connectivity index (χ1v) is 14.8. The van der Waals surface area contributed by atoms with Gasteiger partial charge in [0.25, 0.3) is 0 Å². The normalized spacial score (nSPS) is 18.7. The second kappa shape index (κ2) is 15.5. The third-order valence-corrected chi connectivity index (χ3v) is 8.74. The molecule has 1 aliphatic rings. The second-order valence-corrected chi connectivity index (χ2v) is 13.8. The molecule has 1 saturated heterocycles. The molecule has 1 heterocycles. The molecule has 1 fully saturated rings. The number of carbonyl (C=O) groups excluding carboxylic acids is 3. The van der Waals surface area contributed by atoms with Gasteiger partial charge in [-0.05, 0) is 51.2 Å². The molecular formula is C24H36N3NaO9S2. The van der Waals surface area contributed by atoms with Crippen molar-refractivity contribution in [2.75, 3.05) is 13.2 Å². The SMILES string of the molecule is CC(C)C[C@H](NC(=O)OCC(C)(C)S(=O)c1ccccc1)C(=O)N[C@@H](C[C@@H]1CCNC1=O)C(O)S(=O)(=O)[O-].[Na+]. The summed E-state index contributed by atoms with van der Waals surface area (Å²) in [4.78, 5) is 38.2. The van der Waals surface area contributed by atoms with Gasteiger partial charge in [0.15, 0.2) is 5.44 Å². The molecule has 214 valence electrons. The van der Waals surface area contributed by atoms with Crippen LogP contribution in [0.25, 0.3) is 0 Å². The van der Waals surface area contributed by atoms with Crippen molar-refractivity contribution in [1.29, 1.82) is 0 Å². The van der Waals surface area contributed by atoms with E-state index >= 15 is 0 Å². The fourth-order valence-electron chi connectivity index (χ4n) is 3.95. The quantitative estimate of drug-likeness (QED) is 0.142. The summed E-state index contributed by atoms with van der Waals surface area (Å²) in [5.41, 5.74) is -2.49. The average Bonchev–Trinajstić information content (AvgIpc) is 3.24. The minimum atomic E-state index is -5.22. The molecule has 0 spiro atoms. The Kier molecular flexibility index (Phi) is 14.1. The van der Waals surface area contributed by atoms with E-state index in [1.807, 2.05) is 0 Å². The van der Waals surface area contributed by atoms with Crippen LogP contribution in [0.5, 0.6) is 0 Å². The molecule has 5 atom stereocenters. The number of amides is 3. The first-order chi connectivity index (χ1) is 17.6. The van der Waals surface area contributed by atoms with Crippen LogP contribution < -0.4 is 45.5 Å². The number of alkyl carbamates (subject to hydrolysis) is 1. The van der Waals surface area contributed by atoms with Crippen LogP contribution in [0.2, 0.25) is 0 Å². The summed E-state index contributed by atoms with van der Waals surface area (Å²) in [5, 5.41) is 17.4. The smallest absolute Gasteiger partial charge is 0.746 e. The van der Waals surface area contributed by atoms with Crippen molar-refractivity contribution in [3.63, 3.8) is 0 Å². The Hall–Kier alpha value is -1.55. The molecule has 15 heteroatoms. The standard InChI is InChI=1S/C24H37N3O9S2.Na/c1-15(2)12-18(27-23(31)36-14-24(3,4)37(32)17-8-6-5-7-9-17)21(29)26-19(22(30)38(33,34)35)13-16-10-11-25-20(16)28;/h5-9,15-16,18-19,22,30H,10-14H2,1-4H3,(H,25,28)(H,26,29)(H,27,31)(H,33,34,35);/q;+1/p-1/t16-,18-,19-,22?,37?;/m0./s1. The van der Waals surface area contributed by atoms with Crippen molar-refractivity contribution in [1.82, 2.24) is 16.0 Å². The zero-order valence-corrected chi connectivity index (χ0v) is 26.5. The number of nitrogens with one attached hydrogen (secondary N) is 3. The minimum Gasteiger partial charge on any atom is -0.746 e. The van der Waals surface area contributed by atoms with E-state index in [0.717, 1.165) is 0 Å². The van der Waals surface area contributed by atoms with Crippen molar-refractivity contribution in [3.8, 4) is 0 Å². The molecule has 4 N–H and O–H groups in total. The monoisotopic (exact) mass is 597 g/mol. The number of hydrogen-bond acceptors (Lipinski definition) is 9. The van der Waals surface area contributed by atoms with Crippen LogP contribution in [0.3, 0.4) is 0 Å². The van der Waals surface area contributed by atoms with Gasteiger partial charge in [0.05, 0.1) is 21.6 Å². The van der Waals surface area contributed by atoms with E-state index < -0.39 is 61.1 Å². The van der Waals surface area contributed by atoms with Crippen LogP contribution in [-0.2, 0) is 35.2 Å². The Balaban J connectivity index is 0.00000760. The fourth-order valence-corrected chi connectivity index (χ4v) is 5.74. The van der Waals surface area contributed by atoms with Crippen LogP contribution in [0.15, 0.2) is 35.2 Å². The Labute approximate surface area is 253 Å². The summed E-state index contributed by atoms with van der Waals surface area (Å²) in [7, 11) is -6.72. The third-order valence-electron chi connectivity index (χ3n) is 5.99. The zero-order valence-electron chi connectivity index (χ0n) is 22.8. The van der Waals surface area contributed by atoms with Crippen molar-refractivity contribution in [2.24, 2.45) is 11.8 Å². The summed E-state index contributed by atoms with van der Waals surface area (Å²) in [6, 6.07) is 5.90. The first kappa shape index (κ1) is 35.5. The maximum absolute atomic E-state index is 13.1. The maximum atomic E-state index is 13.1. The van der Waals surface area contributed by atoms with Crippen molar-refractivity contribution in [2.45, 2.75) is 74.1 Å². The Morgan fingerprint density at radius 3 is 2.36 bits per heavy atom. The van der Waals surface area contributed by atoms with E-state index in [1.54, 1.807) is 58.0 Å². The van der Waals surface area contributed by atoms with Gasteiger partial charge in [-0.15, -0.1) is 0 Å². The summed E-state index contributed by atoms with van der Waals surface area (Å²) >= 11 is 0. The molecule has 0 aliphatic carbocycles. The van der Waals surface area contributed by atoms with E-state index in [0.29, 0.717) is 17.9 Å². The molecular weight excluding hydrogens is 561 g/mol. The van der Waals surface area contributed by atoms with Crippen LogP contribution >= 0.6 is 0 Å². The van der Waals surface area contributed by atoms with Gasteiger partial charge in [0, 0.05) is 17.4 Å². The molecule has 12 nitrogen and oxygen atoms in total. The summed E-state index contributed by atoms with van der Waals surface area (Å²) in [6.07, 6.45) is -0.778. The number of carbonyl (C=O) groups is 3. The average molecular weight is 598 g/mol. The Bertz CT molecular complexity index is 1120. The van der Waals surface area contributed by atoms with Crippen LogP contribution in [0.1, 0.15) is 47.0 Å². The molecule has 3 amide bonds. The van der Waals surface area contributed by atoms with Gasteiger partial charge in [-0.1, -0.05) is 32.0 Å². The van der Waals surface area contributed by atoms with Gasteiger partial charge in [-0.2, -0.15) is 0 Å². The van der Waals surface area contributed by atoms with Gasteiger partial charge in [0.1, 0.15) is 22.8 Å². The number of rotatable bonds is 13. The van der Waals surface area contributed by atoms with Crippen molar-refractivity contribution >= 4 is 38.8 Å². The number of hydrogen-bond donors (Lipinski definition) is 4. The van der Waals surface area contributed by atoms with Crippen molar-refractivity contribution in [3.05, 3.63) is 30.3 Å². The van der Waals surface area contributed by atoms with Crippen LogP contribution in [-0.4, -0.2) is 75.6 Å². The fraction of sp³-hybridized carbons (Fsp3) is 0.625. The topological polar surface area (TPSA) is 191 Å². The van der Waals surface area contributed by atoms with Gasteiger partial charge in [-0.25, -0.2) is 13.2 Å². The summed E-state index contributed by atoms with van der Waals surface area (Å²) in [6.45, 7) is 7.02. The number of aliphatic hydroxyl groups is 1. The van der Waals surface area contributed by atoms with E-state index in [9.17, 15) is 36.7 Å². The Morgan fingerprint density at radius 2 is 1.85 bits per heavy atom. The number of benzene rings is 1. The van der Waals surface area contributed by atoms with Crippen LogP contribution in [0.4, 0.5) is 4.79 Å². The van der Waals surface area contributed by atoms with Gasteiger partial charge >= 0.3 is 35.7 Å². The minimum absolute atomic E-state index is 0. The van der Waals surface area contributed by atoms with Gasteiger partial charge < -0.3 is 30.3 Å². The van der Waals surface area contributed by atoms with Gasteiger partial charge in [-0.3, -0.25) is 13.8 Å². The first-order valence-electron chi connectivity index (χ1n) is 12.2. The molecule has 2 rings (SSSR count). The molecule has 1 aliphatic heterocycles. The molecule has 1 aromatic rings. The molecule has 0 saturated carbocycles. The maximum Gasteiger partial charge on any atom is 1.00 e. The molecule has 2 unspecified atom stereocenters. The third kappa shape index (κ3) is 11.1. The molecule has 0 bridgehead atoms. The second-order valence-electron chi connectivity index (χ2n) is 10.3. The van der Waals surface area contributed by atoms with E-state index in [-0.39, 0.29) is 60.8 Å². The summed E-state index contributed by atoms with van der Waals surface area (Å²) in [5.74, 6) is -2.03. The molecule has 39 heavy (non-hydrogen) atoms.